The van der Waals surface area contributed by atoms with Gasteiger partial charge in [-0.3, -0.25) is 0 Å². The fraction of sp³-hybridized carbons (Fsp3) is 0.286. The van der Waals surface area contributed by atoms with E-state index in [0.29, 0.717) is 6.42 Å². The Morgan fingerprint density at radius 1 is 1.75 bits per heavy atom. The Bertz CT molecular complexity index is 281. The van der Waals surface area contributed by atoms with Crippen LogP contribution in [-0.4, -0.2) is 0 Å². The molecule has 0 amide bonds. The molecular weight excluding hydrogens is 260 g/mol. The van der Waals surface area contributed by atoms with Crippen LogP contribution in [0.5, 0.6) is 0 Å². The number of halogens is 2. The molecule has 0 saturated carbocycles. The first-order chi connectivity index (χ1) is 5.25. The van der Waals surface area contributed by atoms with Crippen LogP contribution in [0.1, 0.15) is 17.3 Å². The minimum absolute atomic E-state index is 0. The third-order valence-electron chi connectivity index (χ3n) is 1.29. The summed E-state index contributed by atoms with van der Waals surface area (Å²) in [4.78, 5) is 1.05. The van der Waals surface area contributed by atoms with Crippen molar-refractivity contribution in [2.45, 2.75) is 12.5 Å². The zero-order valence-corrected chi connectivity index (χ0v) is 9.38. The Morgan fingerprint density at radius 3 is 2.83 bits per heavy atom. The summed E-state index contributed by atoms with van der Waals surface area (Å²) in [5.74, 6) is 0. The standard InChI is InChI=1S/C7H7BrN2S.ClH/c8-5-2-4-11-7(5)6(10)1-3-9;/h2,4,6H,1,10H2;1H/t6-;/m0./s1. The van der Waals surface area contributed by atoms with Crippen molar-refractivity contribution in [2.24, 2.45) is 5.73 Å². The summed E-state index contributed by atoms with van der Waals surface area (Å²) < 4.78 is 1.00. The van der Waals surface area contributed by atoms with Gasteiger partial charge in [0.25, 0.3) is 0 Å². The molecule has 0 bridgehead atoms. The number of hydrogen-bond acceptors (Lipinski definition) is 3. The van der Waals surface area contributed by atoms with E-state index >= 15 is 0 Å². The molecule has 0 aliphatic carbocycles. The van der Waals surface area contributed by atoms with Crippen molar-refractivity contribution >= 4 is 39.7 Å². The molecule has 0 fully saturated rings. The minimum atomic E-state index is -0.144. The maximum atomic E-state index is 8.39. The zero-order chi connectivity index (χ0) is 8.27. The van der Waals surface area contributed by atoms with Crippen LogP contribution >= 0.6 is 39.7 Å². The van der Waals surface area contributed by atoms with Crippen molar-refractivity contribution in [3.63, 3.8) is 0 Å². The summed E-state index contributed by atoms with van der Waals surface area (Å²) in [6, 6.07) is 3.84. The molecule has 1 rings (SSSR count). The van der Waals surface area contributed by atoms with E-state index in [0.717, 1.165) is 9.35 Å². The second-order valence-corrected chi connectivity index (χ2v) is 3.90. The second kappa shape index (κ2) is 5.55. The summed E-state index contributed by atoms with van der Waals surface area (Å²) in [6.45, 7) is 0. The van der Waals surface area contributed by atoms with Crippen molar-refractivity contribution < 1.29 is 0 Å². The molecule has 0 aliphatic rings. The van der Waals surface area contributed by atoms with Crippen LogP contribution in [0.4, 0.5) is 0 Å². The van der Waals surface area contributed by atoms with E-state index in [9.17, 15) is 0 Å². The molecule has 1 heterocycles. The van der Waals surface area contributed by atoms with Crippen LogP contribution in [-0.2, 0) is 0 Å². The summed E-state index contributed by atoms with van der Waals surface area (Å²) in [6.07, 6.45) is 0.374. The minimum Gasteiger partial charge on any atom is -0.322 e. The van der Waals surface area contributed by atoms with E-state index in [1.54, 1.807) is 11.3 Å². The molecule has 0 aliphatic heterocycles. The van der Waals surface area contributed by atoms with E-state index < -0.39 is 0 Å². The SMILES string of the molecule is Cl.N#CC[C@H](N)c1sccc1Br. The molecule has 2 N–H and O–H groups in total. The molecule has 0 unspecified atom stereocenters. The van der Waals surface area contributed by atoms with Gasteiger partial charge in [0.15, 0.2) is 0 Å². The Kier molecular flexibility index (Phi) is 5.51. The van der Waals surface area contributed by atoms with Crippen LogP contribution in [0.15, 0.2) is 15.9 Å². The summed E-state index contributed by atoms with van der Waals surface area (Å²) in [7, 11) is 0. The van der Waals surface area contributed by atoms with Crippen molar-refractivity contribution in [3.05, 3.63) is 20.8 Å². The Labute approximate surface area is 89.9 Å². The van der Waals surface area contributed by atoms with Crippen molar-refractivity contribution in [3.8, 4) is 6.07 Å². The number of nitriles is 1. The number of rotatable bonds is 2. The highest BCUT2D eigenvalue weighted by atomic mass is 79.9. The third kappa shape index (κ3) is 2.76. The quantitative estimate of drug-likeness (QED) is 0.896. The Balaban J connectivity index is 0.00000121. The van der Waals surface area contributed by atoms with E-state index in [4.69, 9.17) is 11.0 Å². The van der Waals surface area contributed by atoms with Gasteiger partial charge in [-0.25, -0.2) is 0 Å². The van der Waals surface area contributed by atoms with Crippen molar-refractivity contribution in [2.75, 3.05) is 0 Å². The second-order valence-electron chi connectivity index (χ2n) is 2.10. The first kappa shape index (κ1) is 11.9. The van der Waals surface area contributed by atoms with E-state index in [1.807, 2.05) is 17.5 Å². The Morgan fingerprint density at radius 2 is 2.42 bits per heavy atom. The van der Waals surface area contributed by atoms with Crippen LogP contribution < -0.4 is 5.73 Å². The molecule has 12 heavy (non-hydrogen) atoms. The van der Waals surface area contributed by atoms with Crippen LogP contribution in [0.2, 0.25) is 0 Å². The van der Waals surface area contributed by atoms with E-state index in [2.05, 4.69) is 15.9 Å². The average molecular weight is 268 g/mol. The van der Waals surface area contributed by atoms with Crippen molar-refractivity contribution in [1.29, 1.82) is 5.26 Å². The number of hydrogen-bond donors (Lipinski definition) is 1. The molecule has 5 heteroatoms. The molecule has 66 valence electrons. The van der Waals surface area contributed by atoms with Gasteiger partial charge in [-0.1, -0.05) is 0 Å². The number of thiophene rings is 1. The molecular formula is C7H8BrClN2S. The largest absolute Gasteiger partial charge is 0.322 e. The topological polar surface area (TPSA) is 49.8 Å². The summed E-state index contributed by atoms with van der Waals surface area (Å²) >= 11 is 4.93. The average Bonchev–Trinajstić information content (AvgIpc) is 2.36. The molecule has 0 saturated heterocycles. The van der Waals surface area contributed by atoms with Gasteiger partial charge in [0.1, 0.15) is 0 Å². The zero-order valence-electron chi connectivity index (χ0n) is 6.16. The lowest BCUT2D eigenvalue weighted by molar-refractivity contribution is 0.761. The van der Waals surface area contributed by atoms with Gasteiger partial charge in [0, 0.05) is 9.35 Å². The summed E-state index contributed by atoms with van der Waals surface area (Å²) in [5.41, 5.74) is 5.71. The smallest absolute Gasteiger partial charge is 0.0642 e. The molecule has 0 aromatic carbocycles. The molecule has 1 aromatic rings. The fourth-order valence-electron chi connectivity index (χ4n) is 0.761. The van der Waals surface area contributed by atoms with Crippen LogP contribution in [0.3, 0.4) is 0 Å². The molecule has 1 aromatic heterocycles. The number of nitrogens with zero attached hydrogens (tertiary/aromatic N) is 1. The van der Waals surface area contributed by atoms with Crippen LogP contribution in [0, 0.1) is 11.3 Å². The molecule has 1 atom stereocenters. The van der Waals surface area contributed by atoms with Crippen molar-refractivity contribution in [1.82, 2.24) is 0 Å². The lowest BCUT2D eigenvalue weighted by Crippen LogP contribution is -2.07. The van der Waals surface area contributed by atoms with Gasteiger partial charge in [0.05, 0.1) is 18.5 Å². The van der Waals surface area contributed by atoms with E-state index in [-0.39, 0.29) is 18.4 Å². The first-order valence-corrected chi connectivity index (χ1v) is 4.78. The van der Waals surface area contributed by atoms with Crippen LogP contribution in [0.25, 0.3) is 0 Å². The highest BCUT2D eigenvalue weighted by molar-refractivity contribution is 9.10. The van der Waals surface area contributed by atoms with Gasteiger partial charge in [0.2, 0.25) is 0 Å². The Hall–Kier alpha value is -0.0800. The number of nitrogens with two attached hydrogens (primary N) is 1. The molecule has 2 nitrogen and oxygen atoms in total. The van der Waals surface area contributed by atoms with Gasteiger partial charge >= 0.3 is 0 Å². The lowest BCUT2D eigenvalue weighted by Gasteiger charge is -2.03. The summed E-state index contributed by atoms with van der Waals surface area (Å²) in [5, 5.41) is 10.3. The maximum Gasteiger partial charge on any atom is 0.0642 e. The highest BCUT2D eigenvalue weighted by Gasteiger charge is 2.09. The predicted octanol–water partition coefficient (Wildman–Crippen LogP) is 2.85. The maximum absolute atomic E-state index is 8.39. The van der Waals surface area contributed by atoms with Gasteiger partial charge in [-0.05, 0) is 27.4 Å². The lowest BCUT2D eigenvalue weighted by atomic mass is 10.2. The molecule has 0 spiro atoms. The first-order valence-electron chi connectivity index (χ1n) is 3.11. The highest BCUT2D eigenvalue weighted by Crippen LogP contribution is 2.28. The van der Waals surface area contributed by atoms with Gasteiger partial charge < -0.3 is 5.73 Å². The normalized spacial score (nSPS) is 11.4. The molecule has 0 radical (unpaired) electrons. The third-order valence-corrected chi connectivity index (χ3v) is 3.30. The fourth-order valence-corrected chi connectivity index (χ4v) is 2.43. The van der Waals surface area contributed by atoms with Gasteiger partial charge in [-0.15, -0.1) is 23.7 Å². The predicted molar refractivity (Wildman–Crippen MR) is 56.4 cm³/mol. The monoisotopic (exact) mass is 266 g/mol. The van der Waals surface area contributed by atoms with Gasteiger partial charge in [-0.2, -0.15) is 5.26 Å². The van der Waals surface area contributed by atoms with E-state index in [1.165, 1.54) is 0 Å².